The maximum absolute atomic E-state index is 4.84. The van der Waals surface area contributed by atoms with Gasteiger partial charge in [-0.2, -0.15) is 0 Å². The lowest BCUT2D eigenvalue weighted by Gasteiger charge is -2.22. The molecule has 0 unspecified atom stereocenters. The van der Waals surface area contributed by atoms with Crippen LogP contribution < -0.4 is 5.32 Å². The van der Waals surface area contributed by atoms with Crippen molar-refractivity contribution in [3.05, 3.63) is 35.9 Å². The van der Waals surface area contributed by atoms with Crippen molar-refractivity contribution in [3.8, 4) is 0 Å². The summed E-state index contributed by atoms with van der Waals surface area (Å²) < 4.78 is 0. The summed E-state index contributed by atoms with van der Waals surface area (Å²) in [5, 5.41) is 4.74. The molecule has 112 valence electrons. The van der Waals surface area contributed by atoms with Crippen molar-refractivity contribution >= 4 is 16.7 Å². The smallest absolute Gasteiger partial charge is 0.131 e. The lowest BCUT2D eigenvalue weighted by Crippen LogP contribution is -2.25. The average Bonchev–Trinajstić information content (AvgIpc) is 3.35. The Morgan fingerprint density at radius 1 is 1.24 bits per heavy atom. The van der Waals surface area contributed by atoms with Crippen LogP contribution >= 0.6 is 0 Å². The van der Waals surface area contributed by atoms with Gasteiger partial charge in [0, 0.05) is 30.1 Å². The van der Waals surface area contributed by atoms with E-state index in [0.717, 1.165) is 43.4 Å². The second-order valence-corrected chi connectivity index (χ2v) is 5.91. The van der Waals surface area contributed by atoms with Crippen LogP contribution in [0.5, 0.6) is 0 Å². The highest BCUT2D eigenvalue weighted by Gasteiger charge is 2.28. The monoisotopic (exact) mass is 283 g/mol. The zero-order valence-electron chi connectivity index (χ0n) is 13.1. The van der Waals surface area contributed by atoms with Crippen LogP contribution in [0.15, 0.2) is 30.3 Å². The second-order valence-electron chi connectivity index (χ2n) is 5.91. The van der Waals surface area contributed by atoms with Crippen molar-refractivity contribution in [2.45, 2.75) is 45.7 Å². The van der Waals surface area contributed by atoms with Crippen LogP contribution in [0.25, 0.3) is 10.9 Å². The average molecular weight is 283 g/mol. The predicted molar refractivity (Wildman–Crippen MR) is 89.6 cm³/mol. The Morgan fingerprint density at radius 3 is 2.76 bits per heavy atom. The molecule has 0 saturated heterocycles. The number of para-hydroxylation sites is 1. The third-order valence-electron chi connectivity index (χ3n) is 4.19. The van der Waals surface area contributed by atoms with E-state index >= 15 is 0 Å². The van der Waals surface area contributed by atoms with E-state index in [1.807, 2.05) is 0 Å². The number of hydrogen-bond acceptors (Lipinski definition) is 3. The molecule has 0 amide bonds. The van der Waals surface area contributed by atoms with Gasteiger partial charge < -0.3 is 5.32 Å². The molecule has 1 fully saturated rings. The largest absolute Gasteiger partial charge is 0.370 e. The number of anilines is 1. The zero-order valence-corrected chi connectivity index (χ0v) is 13.1. The lowest BCUT2D eigenvalue weighted by atomic mass is 10.1. The Hall–Kier alpha value is -1.61. The summed E-state index contributed by atoms with van der Waals surface area (Å²) in [6, 6.07) is 11.5. The minimum absolute atomic E-state index is 0.792. The first kappa shape index (κ1) is 14.3. The topological polar surface area (TPSA) is 28.2 Å². The number of nitrogens with one attached hydrogen (secondary N) is 1. The standard InChI is InChI=1S/C18H25N3/c1-3-11-19-18-15(13-21(4-2)16-9-10-16)12-14-7-5-6-8-17(14)20-18/h5-8,12,16H,3-4,9-11,13H2,1-2H3,(H,19,20). The summed E-state index contributed by atoms with van der Waals surface area (Å²) in [6.07, 6.45) is 3.83. The lowest BCUT2D eigenvalue weighted by molar-refractivity contribution is 0.269. The van der Waals surface area contributed by atoms with Crippen LogP contribution in [-0.4, -0.2) is 29.0 Å². The van der Waals surface area contributed by atoms with Gasteiger partial charge in [-0.25, -0.2) is 4.98 Å². The van der Waals surface area contributed by atoms with Crippen LogP contribution in [0.1, 0.15) is 38.7 Å². The first-order chi connectivity index (χ1) is 10.3. The fraction of sp³-hybridized carbons (Fsp3) is 0.500. The van der Waals surface area contributed by atoms with Crippen LogP contribution in [-0.2, 0) is 6.54 Å². The van der Waals surface area contributed by atoms with Crippen molar-refractivity contribution in [1.82, 2.24) is 9.88 Å². The molecular formula is C18H25N3. The fourth-order valence-corrected chi connectivity index (χ4v) is 2.83. The molecule has 1 N–H and O–H groups in total. The minimum Gasteiger partial charge on any atom is -0.370 e. The molecule has 1 saturated carbocycles. The molecule has 1 aromatic heterocycles. The summed E-state index contributed by atoms with van der Waals surface area (Å²) >= 11 is 0. The van der Waals surface area contributed by atoms with E-state index in [4.69, 9.17) is 4.98 Å². The summed E-state index contributed by atoms with van der Waals surface area (Å²) in [6.45, 7) is 7.55. The Bertz CT molecular complexity index is 604. The van der Waals surface area contributed by atoms with E-state index in [0.29, 0.717) is 0 Å². The second kappa shape index (κ2) is 6.44. The molecule has 0 radical (unpaired) electrons. The fourth-order valence-electron chi connectivity index (χ4n) is 2.83. The molecule has 1 aliphatic carbocycles. The van der Waals surface area contributed by atoms with E-state index in [2.05, 4.69) is 54.4 Å². The van der Waals surface area contributed by atoms with Crippen molar-refractivity contribution in [2.75, 3.05) is 18.4 Å². The molecule has 0 spiro atoms. The highest BCUT2D eigenvalue weighted by molar-refractivity contribution is 5.81. The van der Waals surface area contributed by atoms with Crippen LogP contribution in [0, 0.1) is 0 Å². The molecule has 3 rings (SSSR count). The Balaban J connectivity index is 1.92. The SMILES string of the molecule is CCCNc1nc2ccccc2cc1CN(CC)C1CC1. The van der Waals surface area contributed by atoms with Crippen molar-refractivity contribution in [2.24, 2.45) is 0 Å². The predicted octanol–water partition coefficient (Wildman–Crippen LogP) is 4.04. The van der Waals surface area contributed by atoms with E-state index < -0.39 is 0 Å². The number of benzene rings is 1. The number of nitrogens with zero attached hydrogens (tertiary/aromatic N) is 2. The summed E-state index contributed by atoms with van der Waals surface area (Å²) in [7, 11) is 0. The molecular weight excluding hydrogens is 258 g/mol. The van der Waals surface area contributed by atoms with E-state index in [9.17, 15) is 0 Å². The molecule has 1 heterocycles. The van der Waals surface area contributed by atoms with Gasteiger partial charge in [0.1, 0.15) is 5.82 Å². The molecule has 3 heteroatoms. The van der Waals surface area contributed by atoms with E-state index in [-0.39, 0.29) is 0 Å². The highest BCUT2D eigenvalue weighted by atomic mass is 15.2. The Morgan fingerprint density at radius 2 is 2.05 bits per heavy atom. The molecule has 0 bridgehead atoms. The maximum Gasteiger partial charge on any atom is 0.131 e. The van der Waals surface area contributed by atoms with Crippen molar-refractivity contribution in [1.29, 1.82) is 0 Å². The van der Waals surface area contributed by atoms with Gasteiger partial charge in [-0.15, -0.1) is 0 Å². The van der Waals surface area contributed by atoms with Gasteiger partial charge >= 0.3 is 0 Å². The minimum atomic E-state index is 0.792. The van der Waals surface area contributed by atoms with Crippen LogP contribution in [0.3, 0.4) is 0 Å². The van der Waals surface area contributed by atoms with Crippen molar-refractivity contribution in [3.63, 3.8) is 0 Å². The van der Waals surface area contributed by atoms with Gasteiger partial charge in [-0.1, -0.05) is 32.0 Å². The van der Waals surface area contributed by atoms with Crippen LogP contribution in [0.2, 0.25) is 0 Å². The molecule has 0 aliphatic heterocycles. The summed E-state index contributed by atoms with van der Waals surface area (Å²) in [5.41, 5.74) is 2.41. The van der Waals surface area contributed by atoms with Gasteiger partial charge in [-0.3, -0.25) is 4.90 Å². The maximum atomic E-state index is 4.84. The Kier molecular flexibility index (Phi) is 4.39. The van der Waals surface area contributed by atoms with Gasteiger partial charge in [0.15, 0.2) is 0 Å². The number of fused-ring (bicyclic) bond motifs is 1. The summed E-state index contributed by atoms with van der Waals surface area (Å²) in [4.78, 5) is 7.41. The third-order valence-corrected chi connectivity index (χ3v) is 4.19. The molecule has 1 aromatic carbocycles. The molecule has 21 heavy (non-hydrogen) atoms. The van der Waals surface area contributed by atoms with Gasteiger partial charge in [-0.05, 0) is 37.9 Å². The Labute approximate surface area is 127 Å². The normalized spacial score (nSPS) is 14.8. The quantitative estimate of drug-likeness (QED) is 0.831. The van der Waals surface area contributed by atoms with Crippen molar-refractivity contribution < 1.29 is 0 Å². The number of hydrogen-bond donors (Lipinski definition) is 1. The van der Waals surface area contributed by atoms with Crippen LogP contribution in [0.4, 0.5) is 5.82 Å². The first-order valence-electron chi connectivity index (χ1n) is 8.18. The molecule has 1 aliphatic rings. The number of rotatable bonds is 7. The first-order valence-corrected chi connectivity index (χ1v) is 8.18. The zero-order chi connectivity index (χ0) is 14.7. The van der Waals surface area contributed by atoms with Gasteiger partial charge in [0.2, 0.25) is 0 Å². The highest BCUT2D eigenvalue weighted by Crippen LogP contribution is 2.30. The molecule has 2 aromatic rings. The molecule has 0 atom stereocenters. The summed E-state index contributed by atoms with van der Waals surface area (Å²) in [5.74, 6) is 1.06. The van der Waals surface area contributed by atoms with Gasteiger partial charge in [0.25, 0.3) is 0 Å². The third kappa shape index (κ3) is 3.35. The van der Waals surface area contributed by atoms with Gasteiger partial charge in [0.05, 0.1) is 5.52 Å². The molecule has 3 nitrogen and oxygen atoms in total. The number of aromatic nitrogens is 1. The van der Waals surface area contributed by atoms with E-state index in [1.54, 1.807) is 0 Å². The van der Waals surface area contributed by atoms with E-state index in [1.165, 1.54) is 23.8 Å². The number of pyridine rings is 1.